The molecule has 0 aliphatic heterocycles. The number of nitrogens with zero attached hydrogens (tertiary/aromatic N) is 1. The molecule has 0 radical (unpaired) electrons. The Morgan fingerprint density at radius 2 is 2.29 bits per heavy atom. The van der Waals surface area contributed by atoms with E-state index in [1.54, 1.807) is 0 Å². The predicted octanol–water partition coefficient (Wildman–Crippen LogP) is 1.71. The highest BCUT2D eigenvalue weighted by Gasteiger charge is 2.35. The fourth-order valence-corrected chi connectivity index (χ4v) is 1.86. The van der Waals surface area contributed by atoms with Crippen molar-refractivity contribution in [1.82, 2.24) is 4.98 Å². The molecule has 0 bridgehead atoms. The monoisotopic (exact) mass is 268 g/mol. The molecule has 17 heavy (non-hydrogen) atoms. The topological polar surface area (TPSA) is 65.2 Å². The fraction of sp³-hybridized carbons (Fsp3) is 0.556. The highest BCUT2D eigenvalue weighted by molar-refractivity contribution is 7.13. The van der Waals surface area contributed by atoms with E-state index in [0.717, 1.165) is 6.20 Å². The van der Waals surface area contributed by atoms with Crippen molar-refractivity contribution in [3.05, 3.63) is 16.1 Å². The van der Waals surface area contributed by atoms with Crippen molar-refractivity contribution >= 4 is 17.1 Å². The second kappa shape index (κ2) is 5.56. The average Bonchev–Trinajstić information content (AvgIpc) is 2.73. The maximum atomic E-state index is 12.3. The van der Waals surface area contributed by atoms with Gasteiger partial charge in [0.2, 0.25) is 0 Å². The Hall–Kier alpha value is -0.990. The summed E-state index contributed by atoms with van der Waals surface area (Å²) in [6.07, 6.45) is -3.36. The number of hydrogen-bond donors (Lipinski definition) is 1. The Balaban J connectivity index is 2.73. The lowest BCUT2D eigenvalue weighted by molar-refractivity contribution is -0.137. The summed E-state index contributed by atoms with van der Waals surface area (Å²) < 4.78 is 41.5. The summed E-state index contributed by atoms with van der Waals surface area (Å²) in [5, 5.41) is -1.04. The van der Waals surface area contributed by atoms with Gasteiger partial charge in [-0.2, -0.15) is 13.2 Å². The number of ether oxygens (including phenoxy) is 1. The van der Waals surface area contributed by atoms with Gasteiger partial charge in [0.1, 0.15) is 0 Å². The minimum atomic E-state index is -4.53. The number of thiazole rings is 1. The van der Waals surface area contributed by atoms with Crippen LogP contribution >= 0.6 is 11.3 Å². The van der Waals surface area contributed by atoms with Crippen molar-refractivity contribution < 1.29 is 22.7 Å². The van der Waals surface area contributed by atoms with E-state index in [2.05, 4.69) is 4.98 Å². The number of halogens is 3. The third-order valence-electron chi connectivity index (χ3n) is 1.96. The number of aromatic nitrogens is 1. The molecule has 1 rings (SSSR count). The summed E-state index contributed by atoms with van der Waals surface area (Å²) in [5.41, 5.74) is 5.52. The molecule has 0 saturated heterocycles. The van der Waals surface area contributed by atoms with Crippen molar-refractivity contribution in [3.8, 4) is 0 Å². The van der Waals surface area contributed by atoms with E-state index in [-0.39, 0.29) is 17.9 Å². The van der Waals surface area contributed by atoms with Crippen molar-refractivity contribution in [2.45, 2.75) is 18.6 Å². The number of carbonyl (C=O) groups is 1. The molecule has 1 heterocycles. The normalized spacial score (nSPS) is 13.7. The number of rotatable bonds is 5. The lowest BCUT2D eigenvalue weighted by Crippen LogP contribution is -2.31. The molecule has 1 unspecified atom stereocenters. The Morgan fingerprint density at radius 1 is 1.65 bits per heavy atom. The van der Waals surface area contributed by atoms with Crippen LogP contribution in [-0.2, 0) is 10.9 Å². The largest absolute Gasteiger partial charge is 0.443 e. The van der Waals surface area contributed by atoms with E-state index < -0.39 is 23.0 Å². The smallest absolute Gasteiger partial charge is 0.385 e. The standard InChI is InChI=1S/C9H11F3N2O2S/c1-16-3-2-5(13)7(15)6-4-14-8(17-6)9(10,11)12/h4-5H,2-3,13H2,1H3. The van der Waals surface area contributed by atoms with Gasteiger partial charge in [0.25, 0.3) is 0 Å². The molecule has 0 fully saturated rings. The van der Waals surface area contributed by atoms with Crippen LogP contribution in [0.1, 0.15) is 21.1 Å². The molecular weight excluding hydrogens is 257 g/mol. The molecule has 0 aliphatic carbocycles. The van der Waals surface area contributed by atoms with Crippen molar-refractivity contribution in [3.63, 3.8) is 0 Å². The molecule has 0 aliphatic rings. The van der Waals surface area contributed by atoms with E-state index in [1.807, 2.05) is 0 Å². The highest BCUT2D eigenvalue weighted by Crippen LogP contribution is 2.32. The summed E-state index contributed by atoms with van der Waals surface area (Å²) >= 11 is 0.303. The lowest BCUT2D eigenvalue weighted by atomic mass is 10.1. The van der Waals surface area contributed by atoms with Crippen LogP contribution in [0.15, 0.2) is 6.20 Å². The maximum absolute atomic E-state index is 12.3. The Bertz CT molecular complexity index is 392. The highest BCUT2D eigenvalue weighted by atomic mass is 32.1. The van der Waals surface area contributed by atoms with Gasteiger partial charge in [0, 0.05) is 19.9 Å². The Kier molecular flexibility index (Phi) is 4.61. The van der Waals surface area contributed by atoms with E-state index in [9.17, 15) is 18.0 Å². The lowest BCUT2D eigenvalue weighted by Gasteiger charge is -2.07. The van der Waals surface area contributed by atoms with E-state index in [4.69, 9.17) is 10.5 Å². The zero-order valence-corrected chi connectivity index (χ0v) is 9.77. The first-order chi connectivity index (χ1) is 7.86. The van der Waals surface area contributed by atoms with Crippen molar-refractivity contribution in [2.24, 2.45) is 5.73 Å². The summed E-state index contributed by atoms with van der Waals surface area (Å²) in [4.78, 5) is 14.7. The van der Waals surface area contributed by atoms with Crippen LogP contribution in [0.4, 0.5) is 13.2 Å². The molecule has 1 aromatic heterocycles. The third kappa shape index (κ3) is 3.76. The van der Waals surface area contributed by atoms with Gasteiger partial charge in [0.15, 0.2) is 10.8 Å². The molecular formula is C9H11F3N2O2S. The Morgan fingerprint density at radius 3 is 2.76 bits per heavy atom. The van der Waals surface area contributed by atoms with Crippen molar-refractivity contribution in [1.29, 1.82) is 0 Å². The zero-order valence-electron chi connectivity index (χ0n) is 8.95. The van der Waals surface area contributed by atoms with Crippen LogP contribution in [-0.4, -0.2) is 30.5 Å². The molecule has 0 spiro atoms. The molecule has 8 heteroatoms. The van der Waals surface area contributed by atoms with Gasteiger partial charge in [-0.3, -0.25) is 4.79 Å². The summed E-state index contributed by atoms with van der Waals surface area (Å²) in [7, 11) is 1.45. The molecule has 1 atom stereocenters. The summed E-state index contributed by atoms with van der Waals surface area (Å²) in [6, 6.07) is -0.864. The number of ketones is 1. The van der Waals surface area contributed by atoms with Gasteiger partial charge in [-0.05, 0) is 6.42 Å². The second-order valence-electron chi connectivity index (χ2n) is 3.28. The van der Waals surface area contributed by atoms with Crippen molar-refractivity contribution in [2.75, 3.05) is 13.7 Å². The maximum Gasteiger partial charge on any atom is 0.443 e. The SMILES string of the molecule is COCCC(N)C(=O)c1cnc(C(F)(F)F)s1. The molecule has 0 saturated carbocycles. The van der Waals surface area contributed by atoms with Crippen LogP contribution in [0, 0.1) is 0 Å². The van der Waals surface area contributed by atoms with Gasteiger partial charge in [-0.1, -0.05) is 0 Å². The quantitative estimate of drug-likeness (QED) is 0.826. The minimum absolute atomic E-state index is 0.0825. The van der Waals surface area contributed by atoms with E-state index in [0.29, 0.717) is 11.3 Å². The van der Waals surface area contributed by atoms with Gasteiger partial charge in [-0.15, -0.1) is 11.3 Å². The number of Topliss-reactive ketones (excluding diaryl/α,β-unsaturated/α-hetero) is 1. The first kappa shape index (κ1) is 14.1. The average molecular weight is 268 g/mol. The molecule has 2 N–H and O–H groups in total. The van der Waals surface area contributed by atoms with Gasteiger partial charge >= 0.3 is 6.18 Å². The predicted molar refractivity (Wildman–Crippen MR) is 55.9 cm³/mol. The number of alkyl halides is 3. The van der Waals surface area contributed by atoms with Gasteiger partial charge in [0.05, 0.1) is 10.9 Å². The third-order valence-corrected chi connectivity index (χ3v) is 3.02. The molecule has 0 amide bonds. The van der Waals surface area contributed by atoms with Crippen LogP contribution in [0.5, 0.6) is 0 Å². The van der Waals surface area contributed by atoms with Crippen LogP contribution in [0.25, 0.3) is 0 Å². The van der Waals surface area contributed by atoms with Gasteiger partial charge < -0.3 is 10.5 Å². The number of nitrogens with two attached hydrogens (primary N) is 1. The fourth-order valence-electron chi connectivity index (χ4n) is 1.08. The molecule has 4 nitrogen and oxygen atoms in total. The first-order valence-electron chi connectivity index (χ1n) is 4.68. The minimum Gasteiger partial charge on any atom is -0.385 e. The summed E-state index contributed by atoms with van der Waals surface area (Å²) in [5.74, 6) is -0.546. The molecule has 1 aromatic rings. The van der Waals surface area contributed by atoms with E-state index >= 15 is 0 Å². The van der Waals surface area contributed by atoms with Crippen LogP contribution < -0.4 is 5.73 Å². The number of carbonyl (C=O) groups excluding carboxylic acids is 1. The molecule has 96 valence electrons. The zero-order chi connectivity index (χ0) is 13.1. The second-order valence-corrected chi connectivity index (χ2v) is 4.31. The van der Waals surface area contributed by atoms with E-state index in [1.165, 1.54) is 7.11 Å². The molecule has 0 aromatic carbocycles. The van der Waals surface area contributed by atoms with Crippen LogP contribution in [0.2, 0.25) is 0 Å². The number of hydrogen-bond acceptors (Lipinski definition) is 5. The van der Waals surface area contributed by atoms with Gasteiger partial charge in [-0.25, -0.2) is 4.98 Å². The first-order valence-corrected chi connectivity index (χ1v) is 5.49. The summed E-state index contributed by atoms with van der Waals surface area (Å²) in [6.45, 7) is 0.276. The Labute approximate surface area is 99.6 Å². The number of methoxy groups -OCH3 is 1. The van der Waals surface area contributed by atoms with Crippen LogP contribution in [0.3, 0.4) is 0 Å².